The third-order valence-electron chi connectivity index (χ3n) is 3.39. The van der Waals surface area contributed by atoms with E-state index in [0.29, 0.717) is 18.1 Å². The van der Waals surface area contributed by atoms with Gasteiger partial charge in [-0.15, -0.1) is 0 Å². The SMILES string of the molecule is Cc1nccc(C(=O)Nc2ccccc2CN(C)C(=O)OC(C)(C)C)n1. The maximum absolute atomic E-state index is 12.4. The van der Waals surface area contributed by atoms with E-state index in [2.05, 4.69) is 15.3 Å². The quantitative estimate of drug-likeness (QED) is 0.907. The molecule has 7 nitrogen and oxygen atoms in total. The summed E-state index contributed by atoms with van der Waals surface area (Å²) < 4.78 is 5.36. The number of carbonyl (C=O) groups is 2. The third kappa shape index (κ3) is 5.54. The molecule has 138 valence electrons. The molecule has 1 N–H and O–H groups in total. The second kappa shape index (κ2) is 7.95. The van der Waals surface area contributed by atoms with Gasteiger partial charge < -0.3 is 15.0 Å². The molecule has 0 unspecified atom stereocenters. The van der Waals surface area contributed by atoms with Crippen molar-refractivity contribution in [3.8, 4) is 0 Å². The summed E-state index contributed by atoms with van der Waals surface area (Å²) in [7, 11) is 1.65. The standard InChI is InChI=1S/C19H24N4O3/c1-13-20-11-10-16(21-13)17(24)22-15-9-7-6-8-14(15)12-23(5)18(25)26-19(2,3)4/h6-11H,12H2,1-5H3,(H,22,24). The molecule has 0 fully saturated rings. The summed E-state index contributed by atoms with van der Waals surface area (Å²) in [5.74, 6) is 0.193. The molecule has 1 heterocycles. The Morgan fingerprint density at radius 3 is 2.54 bits per heavy atom. The number of aromatic nitrogens is 2. The third-order valence-corrected chi connectivity index (χ3v) is 3.39. The summed E-state index contributed by atoms with van der Waals surface area (Å²) in [6.45, 7) is 7.47. The summed E-state index contributed by atoms with van der Waals surface area (Å²) in [6, 6.07) is 8.85. The molecule has 0 atom stereocenters. The lowest BCUT2D eigenvalue weighted by Crippen LogP contribution is -2.34. The van der Waals surface area contributed by atoms with Crippen molar-refractivity contribution >= 4 is 17.7 Å². The maximum atomic E-state index is 12.4. The van der Waals surface area contributed by atoms with Crippen LogP contribution in [0.25, 0.3) is 0 Å². The van der Waals surface area contributed by atoms with E-state index in [0.717, 1.165) is 5.56 Å². The van der Waals surface area contributed by atoms with Crippen molar-refractivity contribution < 1.29 is 14.3 Å². The first-order valence-corrected chi connectivity index (χ1v) is 8.29. The Balaban J connectivity index is 2.12. The molecular weight excluding hydrogens is 332 g/mol. The minimum Gasteiger partial charge on any atom is -0.444 e. The molecule has 0 bridgehead atoms. The Hall–Kier alpha value is -2.96. The van der Waals surface area contributed by atoms with E-state index in [1.807, 2.05) is 39.0 Å². The van der Waals surface area contributed by atoms with Crippen LogP contribution in [0, 0.1) is 6.92 Å². The fourth-order valence-electron chi connectivity index (χ4n) is 2.21. The Morgan fingerprint density at radius 1 is 1.19 bits per heavy atom. The normalized spacial score (nSPS) is 11.0. The Morgan fingerprint density at radius 2 is 1.88 bits per heavy atom. The molecule has 0 spiro atoms. The number of anilines is 1. The van der Waals surface area contributed by atoms with Crippen LogP contribution < -0.4 is 5.32 Å². The average molecular weight is 356 g/mol. The van der Waals surface area contributed by atoms with E-state index in [9.17, 15) is 9.59 Å². The number of nitrogens with one attached hydrogen (secondary N) is 1. The van der Waals surface area contributed by atoms with Gasteiger partial charge in [-0.05, 0) is 45.4 Å². The molecule has 0 radical (unpaired) electrons. The maximum Gasteiger partial charge on any atom is 0.410 e. The van der Waals surface area contributed by atoms with Gasteiger partial charge in [-0.25, -0.2) is 14.8 Å². The molecule has 0 aliphatic rings. The van der Waals surface area contributed by atoms with E-state index >= 15 is 0 Å². The molecule has 0 saturated carbocycles. The van der Waals surface area contributed by atoms with Gasteiger partial charge in [-0.3, -0.25) is 4.79 Å². The number of rotatable bonds is 4. The molecule has 0 aliphatic heterocycles. The molecule has 1 aromatic heterocycles. The lowest BCUT2D eigenvalue weighted by Gasteiger charge is -2.25. The smallest absolute Gasteiger partial charge is 0.410 e. The molecular formula is C19H24N4O3. The first kappa shape index (κ1) is 19.4. The van der Waals surface area contributed by atoms with Gasteiger partial charge in [0.2, 0.25) is 0 Å². The number of hydrogen-bond donors (Lipinski definition) is 1. The lowest BCUT2D eigenvalue weighted by molar-refractivity contribution is 0.0285. The molecule has 2 rings (SSSR count). The van der Waals surface area contributed by atoms with Crippen molar-refractivity contribution in [2.45, 2.75) is 39.8 Å². The first-order chi connectivity index (χ1) is 12.2. The van der Waals surface area contributed by atoms with E-state index in [1.165, 1.54) is 4.90 Å². The van der Waals surface area contributed by atoms with Crippen LogP contribution >= 0.6 is 0 Å². The number of amides is 2. The van der Waals surface area contributed by atoms with Crippen LogP contribution in [-0.4, -0.2) is 39.5 Å². The van der Waals surface area contributed by atoms with Crippen molar-refractivity contribution in [3.63, 3.8) is 0 Å². The van der Waals surface area contributed by atoms with Gasteiger partial charge in [0.05, 0.1) is 6.54 Å². The van der Waals surface area contributed by atoms with Crippen LogP contribution in [0.1, 0.15) is 42.6 Å². The van der Waals surface area contributed by atoms with Gasteiger partial charge in [-0.2, -0.15) is 0 Å². The number of para-hydroxylation sites is 1. The van der Waals surface area contributed by atoms with Crippen molar-refractivity contribution in [1.29, 1.82) is 0 Å². The number of hydrogen-bond acceptors (Lipinski definition) is 5. The van der Waals surface area contributed by atoms with Crippen molar-refractivity contribution in [3.05, 3.63) is 53.6 Å². The highest BCUT2D eigenvalue weighted by atomic mass is 16.6. The number of ether oxygens (including phenoxy) is 1. The van der Waals surface area contributed by atoms with E-state index in [4.69, 9.17) is 4.74 Å². The highest BCUT2D eigenvalue weighted by molar-refractivity contribution is 6.03. The number of carbonyl (C=O) groups excluding carboxylic acids is 2. The minimum atomic E-state index is -0.566. The molecule has 0 saturated heterocycles. The van der Waals surface area contributed by atoms with Gasteiger partial charge in [-0.1, -0.05) is 18.2 Å². The lowest BCUT2D eigenvalue weighted by atomic mass is 10.1. The van der Waals surface area contributed by atoms with Crippen LogP contribution in [0.3, 0.4) is 0 Å². The molecule has 7 heteroatoms. The van der Waals surface area contributed by atoms with Crippen LogP contribution in [0.4, 0.5) is 10.5 Å². The van der Waals surface area contributed by atoms with Crippen LogP contribution in [0.2, 0.25) is 0 Å². The van der Waals surface area contributed by atoms with E-state index in [1.54, 1.807) is 32.3 Å². The summed E-state index contributed by atoms with van der Waals surface area (Å²) in [5, 5.41) is 2.84. The zero-order valence-electron chi connectivity index (χ0n) is 15.7. The molecule has 2 amide bonds. The van der Waals surface area contributed by atoms with Gasteiger partial charge in [0, 0.05) is 18.9 Å². The Kier molecular flexibility index (Phi) is 5.92. The Labute approximate surface area is 153 Å². The van der Waals surface area contributed by atoms with Gasteiger partial charge in [0.25, 0.3) is 5.91 Å². The topological polar surface area (TPSA) is 84.4 Å². The summed E-state index contributed by atoms with van der Waals surface area (Å²) >= 11 is 0. The van der Waals surface area contributed by atoms with Crippen LogP contribution in [0.15, 0.2) is 36.5 Å². The minimum absolute atomic E-state index is 0.285. The summed E-state index contributed by atoms with van der Waals surface area (Å²) in [5.41, 5.74) is 1.13. The second-order valence-corrected chi connectivity index (χ2v) is 6.94. The average Bonchev–Trinajstić information content (AvgIpc) is 2.55. The monoisotopic (exact) mass is 356 g/mol. The predicted octanol–water partition coefficient (Wildman–Crippen LogP) is 3.40. The largest absolute Gasteiger partial charge is 0.444 e. The molecule has 0 aliphatic carbocycles. The van der Waals surface area contributed by atoms with E-state index in [-0.39, 0.29) is 11.6 Å². The second-order valence-electron chi connectivity index (χ2n) is 6.94. The summed E-state index contributed by atoms with van der Waals surface area (Å²) in [4.78, 5) is 34.1. The van der Waals surface area contributed by atoms with E-state index < -0.39 is 11.7 Å². The molecule has 1 aromatic carbocycles. The van der Waals surface area contributed by atoms with Crippen LogP contribution in [-0.2, 0) is 11.3 Å². The zero-order valence-corrected chi connectivity index (χ0v) is 15.7. The highest BCUT2D eigenvalue weighted by Gasteiger charge is 2.20. The molecule has 2 aromatic rings. The summed E-state index contributed by atoms with van der Waals surface area (Å²) in [6.07, 6.45) is 1.12. The highest BCUT2D eigenvalue weighted by Crippen LogP contribution is 2.19. The Bertz CT molecular complexity index is 799. The van der Waals surface area contributed by atoms with Crippen molar-refractivity contribution in [2.24, 2.45) is 0 Å². The number of aryl methyl sites for hydroxylation is 1. The zero-order chi connectivity index (χ0) is 19.3. The number of benzene rings is 1. The fraction of sp³-hybridized carbons (Fsp3) is 0.368. The fourth-order valence-corrected chi connectivity index (χ4v) is 2.21. The van der Waals surface area contributed by atoms with Gasteiger partial charge >= 0.3 is 6.09 Å². The number of nitrogens with zero attached hydrogens (tertiary/aromatic N) is 3. The van der Waals surface area contributed by atoms with Gasteiger partial charge in [0.1, 0.15) is 17.1 Å². The van der Waals surface area contributed by atoms with Crippen LogP contribution in [0.5, 0.6) is 0 Å². The van der Waals surface area contributed by atoms with Crippen molar-refractivity contribution in [1.82, 2.24) is 14.9 Å². The molecule has 26 heavy (non-hydrogen) atoms. The van der Waals surface area contributed by atoms with Crippen molar-refractivity contribution in [2.75, 3.05) is 12.4 Å². The predicted molar refractivity (Wildman–Crippen MR) is 98.9 cm³/mol. The first-order valence-electron chi connectivity index (χ1n) is 8.29. The van der Waals surface area contributed by atoms with Gasteiger partial charge in [0.15, 0.2) is 0 Å².